The number of carbonyl (C=O) groups is 1. The van der Waals surface area contributed by atoms with Crippen LogP contribution in [0.15, 0.2) is 30.3 Å². The van der Waals surface area contributed by atoms with Gasteiger partial charge in [-0.15, -0.1) is 0 Å². The smallest absolute Gasteiger partial charge is 0.168 e. The quantitative estimate of drug-likeness (QED) is 0.866. The molecule has 2 heteroatoms. The lowest BCUT2D eigenvalue weighted by Gasteiger charge is -2.20. The lowest BCUT2D eigenvalue weighted by molar-refractivity contribution is -0.138. The Morgan fingerprint density at radius 1 is 1.18 bits per heavy atom. The van der Waals surface area contributed by atoms with Crippen LogP contribution in [-0.4, -0.2) is 16.5 Å². The predicted octanol–water partition coefficient (Wildman–Crippen LogP) is 2.66. The van der Waals surface area contributed by atoms with Crippen LogP contribution in [0.25, 0.3) is 0 Å². The molecule has 0 heterocycles. The average molecular weight is 230 g/mol. The van der Waals surface area contributed by atoms with E-state index >= 15 is 0 Å². The van der Waals surface area contributed by atoms with Crippen molar-refractivity contribution in [1.82, 2.24) is 0 Å². The first-order valence-electron chi connectivity index (χ1n) is 6.52. The van der Waals surface area contributed by atoms with Gasteiger partial charge in [0.15, 0.2) is 5.78 Å². The topological polar surface area (TPSA) is 37.3 Å². The molecular formula is C15H18O2. The van der Waals surface area contributed by atoms with E-state index in [-0.39, 0.29) is 11.7 Å². The van der Waals surface area contributed by atoms with Gasteiger partial charge in [-0.3, -0.25) is 4.79 Å². The first kappa shape index (κ1) is 11.0. The Hall–Kier alpha value is -1.15. The van der Waals surface area contributed by atoms with Crippen LogP contribution in [0.4, 0.5) is 0 Å². The van der Waals surface area contributed by atoms with Gasteiger partial charge in [0.2, 0.25) is 0 Å². The summed E-state index contributed by atoms with van der Waals surface area (Å²) in [5, 5.41) is 10.3. The molecule has 2 saturated carbocycles. The van der Waals surface area contributed by atoms with Crippen LogP contribution in [-0.2, 0) is 4.79 Å². The predicted molar refractivity (Wildman–Crippen MR) is 65.7 cm³/mol. The highest BCUT2D eigenvalue weighted by Crippen LogP contribution is 2.51. The average Bonchev–Trinajstić information content (AvgIpc) is 3.05. The first-order valence-corrected chi connectivity index (χ1v) is 6.52. The highest BCUT2D eigenvalue weighted by atomic mass is 16.3. The molecule has 0 bridgehead atoms. The maximum absolute atomic E-state index is 12.3. The molecule has 1 aromatic carbocycles. The van der Waals surface area contributed by atoms with Crippen molar-refractivity contribution in [2.45, 2.75) is 43.6 Å². The van der Waals surface area contributed by atoms with Gasteiger partial charge >= 0.3 is 0 Å². The molecule has 0 aliphatic heterocycles. The van der Waals surface area contributed by atoms with Crippen molar-refractivity contribution in [1.29, 1.82) is 0 Å². The van der Waals surface area contributed by atoms with Gasteiger partial charge in [-0.2, -0.15) is 0 Å². The van der Waals surface area contributed by atoms with Gasteiger partial charge in [0.1, 0.15) is 5.60 Å². The van der Waals surface area contributed by atoms with Crippen LogP contribution in [0.1, 0.15) is 43.6 Å². The molecule has 0 saturated heterocycles. The maximum atomic E-state index is 12.3. The van der Waals surface area contributed by atoms with Crippen molar-refractivity contribution >= 4 is 5.78 Å². The Kier molecular flexibility index (Phi) is 2.55. The number of Topliss-reactive ketones (excluding diaryl/α,β-unsaturated/α-hetero) is 1. The van der Waals surface area contributed by atoms with Crippen LogP contribution < -0.4 is 0 Å². The van der Waals surface area contributed by atoms with Crippen molar-refractivity contribution in [2.75, 3.05) is 0 Å². The first-order chi connectivity index (χ1) is 8.21. The number of hydrogen-bond acceptors (Lipinski definition) is 2. The summed E-state index contributed by atoms with van der Waals surface area (Å²) in [6.45, 7) is 0. The fourth-order valence-electron chi connectivity index (χ4n) is 3.10. The minimum atomic E-state index is -0.992. The number of rotatable bonds is 3. The lowest BCUT2D eigenvalue weighted by atomic mass is 9.92. The number of hydrogen-bond donors (Lipinski definition) is 1. The number of benzene rings is 1. The molecule has 3 rings (SSSR count). The third-order valence-electron chi connectivity index (χ3n) is 4.24. The van der Waals surface area contributed by atoms with E-state index in [2.05, 4.69) is 12.1 Å². The van der Waals surface area contributed by atoms with E-state index in [9.17, 15) is 9.90 Å². The van der Waals surface area contributed by atoms with Crippen molar-refractivity contribution in [3.63, 3.8) is 0 Å². The molecule has 2 aliphatic rings. The van der Waals surface area contributed by atoms with Gasteiger partial charge in [0.25, 0.3) is 0 Å². The summed E-state index contributed by atoms with van der Waals surface area (Å²) < 4.78 is 0. The zero-order chi connectivity index (χ0) is 11.9. The largest absolute Gasteiger partial charge is 0.382 e. The molecule has 2 aliphatic carbocycles. The highest BCUT2D eigenvalue weighted by Gasteiger charge is 2.52. The van der Waals surface area contributed by atoms with E-state index in [1.807, 2.05) is 18.2 Å². The molecule has 90 valence electrons. The summed E-state index contributed by atoms with van der Waals surface area (Å²) in [6, 6.07) is 10.2. The van der Waals surface area contributed by atoms with Crippen LogP contribution in [0.3, 0.4) is 0 Å². The number of ketones is 1. The van der Waals surface area contributed by atoms with Gasteiger partial charge in [-0.05, 0) is 43.6 Å². The molecule has 1 N–H and O–H groups in total. The molecule has 0 radical (unpaired) electrons. The Morgan fingerprint density at radius 2 is 1.82 bits per heavy atom. The third kappa shape index (κ3) is 1.91. The second-order valence-corrected chi connectivity index (χ2v) is 5.46. The molecule has 2 unspecified atom stereocenters. The monoisotopic (exact) mass is 230 g/mol. The highest BCUT2D eigenvalue weighted by molar-refractivity contribution is 5.92. The van der Waals surface area contributed by atoms with Crippen molar-refractivity contribution in [3.05, 3.63) is 35.9 Å². The number of carbonyl (C=O) groups excluding carboxylic acids is 1. The van der Waals surface area contributed by atoms with Gasteiger partial charge in [0, 0.05) is 5.92 Å². The minimum Gasteiger partial charge on any atom is -0.382 e. The SMILES string of the molecule is O=C(C1CC1c1ccccc1)C1(O)CCCC1. The lowest BCUT2D eigenvalue weighted by Crippen LogP contribution is -2.36. The van der Waals surface area contributed by atoms with E-state index in [0.717, 1.165) is 19.3 Å². The van der Waals surface area contributed by atoms with Gasteiger partial charge < -0.3 is 5.11 Å². The van der Waals surface area contributed by atoms with Crippen LogP contribution >= 0.6 is 0 Å². The summed E-state index contributed by atoms with van der Waals surface area (Å²) in [6.07, 6.45) is 4.24. The summed E-state index contributed by atoms with van der Waals surface area (Å²) in [4.78, 5) is 12.3. The van der Waals surface area contributed by atoms with E-state index < -0.39 is 5.60 Å². The van der Waals surface area contributed by atoms with Crippen LogP contribution in [0.2, 0.25) is 0 Å². The van der Waals surface area contributed by atoms with E-state index in [4.69, 9.17) is 0 Å². The molecule has 2 fully saturated rings. The Morgan fingerprint density at radius 3 is 2.47 bits per heavy atom. The zero-order valence-corrected chi connectivity index (χ0v) is 9.93. The van der Waals surface area contributed by atoms with E-state index in [1.54, 1.807) is 0 Å². The molecule has 0 aromatic heterocycles. The fraction of sp³-hybridized carbons (Fsp3) is 0.533. The van der Waals surface area contributed by atoms with Crippen molar-refractivity contribution in [3.8, 4) is 0 Å². The molecular weight excluding hydrogens is 212 g/mol. The van der Waals surface area contributed by atoms with E-state index in [1.165, 1.54) is 5.56 Å². The van der Waals surface area contributed by atoms with Gasteiger partial charge in [-0.25, -0.2) is 0 Å². The zero-order valence-electron chi connectivity index (χ0n) is 9.93. The summed E-state index contributed by atoms with van der Waals surface area (Å²) in [5.74, 6) is 0.526. The molecule has 2 nitrogen and oxygen atoms in total. The molecule has 1 aromatic rings. The molecule has 2 atom stereocenters. The Labute approximate surface area is 102 Å². The summed E-state index contributed by atoms with van der Waals surface area (Å²) >= 11 is 0. The molecule has 0 amide bonds. The summed E-state index contributed by atoms with van der Waals surface area (Å²) in [7, 11) is 0. The van der Waals surface area contributed by atoms with Crippen LogP contribution in [0.5, 0.6) is 0 Å². The standard InChI is InChI=1S/C15H18O2/c16-14(15(17)8-4-5-9-15)13-10-12(13)11-6-2-1-3-7-11/h1-3,6-7,12-13,17H,4-5,8-10H2. The third-order valence-corrected chi connectivity index (χ3v) is 4.24. The fourth-order valence-corrected chi connectivity index (χ4v) is 3.10. The minimum absolute atomic E-state index is 0.0699. The molecule has 0 spiro atoms. The maximum Gasteiger partial charge on any atom is 0.168 e. The second kappa shape index (κ2) is 3.95. The Bertz CT molecular complexity index is 418. The Balaban J connectivity index is 1.71. The normalized spacial score (nSPS) is 30.2. The van der Waals surface area contributed by atoms with Gasteiger partial charge in [0.05, 0.1) is 0 Å². The van der Waals surface area contributed by atoms with E-state index in [0.29, 0.717) is 18.8 Å². The summed E-state index contributed by atoms with van der Waals surface area (Å²) in [5.41, 5.74) is 0.251. The second-order valence-electron chi connectivity index (χ2n) is 5.46. The van der Waals surface area contributed by atoms with Gasteiger partial charge in [-0.1, -0.05) is 30.3 Å². The van der Waals surface area contributed by atoms with Crippen molar-refractivity contribution in [2.24, 2.45) is 5.92 Å². The van der Waals surface area contributed by atoms with Crippen molar-refractivity contribution < 1.29 is 9.90 Å². The number of aliphatic hydroxyl groups is 1. The molecule has 17 heavy (non-hydrogen) atoms. The van der Waals surface area contributed by atoms with Crippen LogP contribution in [0, 0.1) is 5.92 Å².